The average Bonchev–Trinajstić information content (AvgIpc) is 2.68. The van der Waals surface area contributed by atoms with E-state index < -0.39 is 10.0 Å². The number of rotatable bonds is 4. The molecule has 1 heterocycles. The molecule has 0 unspecified atom stereocenters. The minimum Gasteiger partial charge on any atom is -0.381 e. The van der Waals surface area contributed by atoms with Gasteiger partial charge in [-0.3, -0.25) is 0 Å². The molecule has 21 heavy (non-hydrogen) atoms. The Morgan fingerprint density at radius 2 is 1.81 bits per heavy atom. The molecule has 0 saturated heterocycles. The van der Waals surface area contributed by atoms with Crippen LogP contribution in [0, 0.1) is 27.7 Å². The van der Waals surface area contributed by atoms with E-state index in [0.29, 0.717) is 6.54 Å². The van der Waals surface area contributed by atoms with Gasteiger partial charge in [0.15, 0.2) is 0 Å². The molecule has 0 amide bonds. The van der Waals surface area contributed by atoms with E-state index in [4.69, 9.17) is 5.14 Å². The zero-order valence-electron chi connectivity index (χ0n) is 12.6. The molecule has 0 radical (unpaired) electrons. The summed E-state index contributed by atoms with van der Waals surface area (Å²) in [6.45, 7) is 8.70. The van der Waals surface area contributed by atoms with Crippen molar-refractivity contribution in [1.82, 2.24) is 0 Å². The maximum absolute atomic E-state index is 11.5. The van der Waals surface area contributed by atoms with Crippen molar-refractivity contribution in [2.24, 2.45) is 5.14 Å². The zero-order valence-corrected chi connectivity index (χ0v) is 14.3. The van der Waals surface area contributed by atoms with Gasteiger partial charge in [-0.25, -0.2) is 13.6 Å². The van der Waals surface area contributed by atoms with Gasteiger partial charge < -0.3 is 5.32 Å². The normalized spacial score (nSPS) is 11.7. The second-order valence-electron chi connectivity index (χ2n) is 5.25. The summed E-state index contributed by atoms with van der Waals surface area (Å²) in [5.74, 6) is 0. The Kier molecular flexibility index (Phi) is 4.41. The Balaban J connectivity index is 2.31. The number of primary sulfonamides is 1. The van der Waals surface area contributed by atoms with Crippen LogP contribution in [0.15, 0.2) is 23.1 Å². The SMILES string of the molecule is Cc1cc(CNc2cc(S(N)(=O)=O)cc(C)c2C)c(C)s1. The first-order valence-electron chi connectivity index (χ1n) is 6.62. The molecule has 0 fully saturated rings. The number of aryl methyl sites for hydroxylation is 3. The number of hydrogen-bond donors (Lipinski definition) is 2. The molecule has 1 aromatic carbocycles. The lowest BCUT2D eigenvalue weighted by atomic mass is 10.1. The molecule has 6 heteroatoms. The summed E-state index contributed by atoms with van der Waals surface area (Å²) in [5.41, 5.74) is 3.98. The second-order valence-corrected chi connectivity index (χ2v) is 8.27. The van der Waals surface area contributed by atoms with Crippen LogP contribution in [-0.4, -0.2) is 8.42 Å². The molecule has 1 aromatic heterocycles. The molecule has 0 aliphatic carbocycles. The maximum Gasteiger partial charge on any atom is 0.238 e. The first-order chi connectivity index (χ1) is 9.68. The topological polar surface area (TPSA) is 72.2 Å². The molecule has 2 aromatic rings. The van der Waals surface area contributed by atoms with Crippen molar-refractivity contribution >= 4 is 27.0 Å². The minimum atomic E-state index is -3.69. The highest BCUT2D eigenvalue weighted by Crippen LogP contribution is 2.26. The molecule has 0 aliphatic heterocycles. The molecule has 3 N–H and O–H groups in total. The molecule has 0 saturated carbocycles. The molecule has 114 valence electrons. The molecule has 0 spiro atoms. The lowest BCUT2D eigenvalue weighted by Gasteiger charge is -2.13. The smallest absolute Gasteiger partial charge is 0.238 e. The number of anilines is 1. The van der Waals surface area contributed by atoms with Crippen LogP contribution in [0.1, 0.15) is 26.4 Å². The van der Waals surface area contributed by atoms with E-state index in [2.05, 4.69) is 25.2 Å². The molecule has 0 atom stereocenters. The van der Waals surface area contributed by atoms with Crippen molar-refractivity contribution in [3.63, 3.8) is 0 Å². The highest BCUT2D eigenvalue weighted by molar-refractivity contribution is 7.89. The average molecular weight is 324 g/mol. The fraction of sp³-hybridized carbons (Fsp3) is 0.333. The third kappa shape index (κ3) is 3.64. The third-order valence-corrected chi connectivity index (χ3v) is 5.48. The molecule has 0 aliphatic rings. The second kappa shape index (κ2) is 5.79. The summed E-state index contributed by atoms with van der Waals surface area (Å²) < 4.78 is 23.1. The van der Waals surface area contributed by atoms with E-state index in [1.54, 1.807) is 23.5 Å². The van der Waals surface area contributed by atoms with Gasteiger partial charge in [-0.2, -0.15) is 0 Å². The van der Waals surface area contributed by atoms with E-state index in [1.807, 2.05) is 13.8 Å². The fourth-order valence-electron chi connectivity index (χ4n) is 2.22. The predicted molar refractivity (Wildman–Crippen MR) is 88.4 cm³/mol. The molecular formula is C15H20N2O2S2. The highest BCUT2D eigenvalue weighted by atomic mass is 32.2. The summed E-state index contributed by atoms with van der Waals surface area (Å²) in [6, 6.07) is 5.36. The van der Waals surface area contributed by atoms with Crippen LogP contribution in [0.4, 0.5) is 5.69 Å². The van der Waals surface area contributed by atoms with Crippen LogP contribution in [0.5, 0.6) is 0 Å². The number of hydrogen-bond acceptors (Lipinski definition) is 4. The van der Waals surface area contributed by atoms with Crippen molar-refractivity contribution < 1.29 is 8.42 Å². The summed E-state index contributed by atoms with van der Waals surface area (Å²) in [7, 11) is -3.69. The van der Waals surface area contributed by atoms with Crippen molar-refractivity contribution in [2.75, 3.05) is 5.32 Å². The highest BCUT2D eigenvalue weighted by Gasteiger charge is 2.13. The zero-order chi connectivity index (χ0) is 15.8. The number of nitrogens with two attached hydrogens (primary N) is 1. The van der Waals surface area contributed by atoms with E-state index in [1.165, 1.54) is 15.3 Å². The van der Waals surface area contributed by atoms with Gasteiger partial charge in [-0.1, -0.05) is 0 Å². The van der Waals surface area contributed by atoms with Gasteiger partial charge in [0.25, 0.3) is 0 Å². The van der Waals surface area contributed by atoms with Gasteiger partial charge in [-0.15, -0.1) is 11.3 Å². The standard InChI is InChI=1S/C15H20N2O2S2/c1-9-5-14(21(16,18)19)7-15(11(9)3)17-8-13-6-10(2)20-12(13)4/h5-7,17H,8H2,1-4H3,(H2,16,18,19). The van der Waals surface area contributed by atoms with Crippen LogP contribution in [0.3, 0.4) is 0 Å². The van der Waals surface area contributed by atoms with Crippen LogP contribution >= 0.6 is 11.3 Å². The first-order valence-corrected chi connectivity index (χ1v) is 8.98. The van der Waals surface area contributed by atoms with E-state index >= 15 is 0 Å². The fourth-order valence-corrected chi connectivity index (χ4v) is 3.79. The Bertz CT molecular complexity index is 777. The van der Waals surface area contributed by atoms with Gasteiger partial charge in [0.1, 0.15) is 0 Å². The lowest BCUT2D eigenvalue weighted by molar-refractivity contribution is 0.597. The molecular weight excluding hydrogens is 304 g/mol. The van der Waals surface area contributed by atoms with Crippen molar-refractivity contribution in [1.29, 1.82) is 0 Å². The van der Waals surface area contributed by atoms with Crippen LogP contribution in [-0.2, 0) is 16.6 Å². The predicted octanol–water partition coefficient (Wildman–Crippen LogP) is 3.24. The molecule has 0 bridgehead atoms. The molecule has 4 nitrogen and oxygen atoms in total. The van der Waals surface area contributed by atoms with Gasteiger partial charge in [0.2, 0.25) is 10.0 Å². The van der Waals surface area contributed by atoms with Crippen molar-refractivity contribution in [3.8, 4) is 0 Å². The number of thiophene rings is 1. The summed E-state index contributed by atoms with van der Waals surface area (Å²) >= 11 is 1.76. The lowest BCUT2D eigenvalue weighted by Crippen LogP contribution is -2.13. The maximum atomic E-state index is 11.5. The first kappa shape index (κ1) is 16.0. The number of nitrogens with one attached hydrogen (secondary N) is 1. The summed E-state index contributed by atoms with van der Waals surface area (Å²) in [6.07, 6.45) is 0. The van der Waals surface area contributed by atoms with Crippen LogP contribution in [0.25, 0.3) is 0 Å². The van der Waals surface area contributed by atoms with Gasteiger partial charge in [0, 0.05) is 22.0 Å². The number of benzene rings is 1. The van der Waals surface area contributed by atoms with Crippen LogP contribution in [0.2, 0.25) is 0 Å². The Hall–Kier alpha value is -1.37. The van der Waals surface area contributed by atoms with Gasteiger partial charge in [0.05, 0.1) is 4.90 Å². The third-order valence-electron chi connectivity index (χ3n) is 3.58. The van der Waals surface area contributed by atoms with E-state index in [0.717, 1.165) is 16.8 Å². The Labute approximate surface area is 130 Å². The quantitative estimate of drug-likeness (QED) is 0.907. The van der Waals surface area contributed by atoms with Crippen LogP contribution < -0.4 is 10.5 Å². The Morgan fingerprint density at radius 3 is 2.33 bits per heavy atom. The summed E-state index contributed by atoms with van der Waals surface area (Å²) in [4.78, 5) is 2.69. The monoisotopic (exact) mass is 324 g/mol. The largest absolute Gasteiger partial charge is 0.381 e. The van der Waals surface area contributed by atoms with Gasteiger partial charge in [-0.05, 0) is 62.6 Å². The number of sulfonamides is 1. The van der Waals surface area contributed by atoms with Crippen molar-refractivity contribution in [2.45, 2.75) is 39.1 Å². The summed E-state index contributed by atoms with van der Waals surface area (Å²) in [5, 5.41) is 8.55. The van der Waals surface area contributed by atoms with E-state index in [9.17, 15) is 8.42 Å². The minimum absolute atomic E-state index is 0.145. The van der Waals surface area contributed by atoms with E-state index in [-0.39, 0.29) is 4.90 Å². The van der Waals surface area contributed by atoms with Crippen molar-refractivity contribution in [3.05, 3.63) is 44.6 Å². The molecule has 2 rings (SSSR count). The Morgan fingerprint density at radius 1 is 1.14 bits per heavy atom. The van der Waals surface area contributed by atoms with Gasteiger partial charge >= 0.3 is 0 Å².